The molecule has 4 nitrogen and oxygen atoms in total. The van der Waals surface area contributed by atoms with E-state index >= 15 is 0 Å². The molecule has 0 spiro atoms. The van der Waals surface area contributed by atoms with E-state index < -0.39 is 0 Å². The molecule has 78 valence electrons. The molecule has 1 aromatic heterocycles. The normalized spacial score (nSPS) is 10.5. The maximum absolute atomic E-state index is 8.76. The van der Waals surface area contributed by atoms with Crippen molar-refractivity contribution in [3.05, 3.63) is 39.7 Å². The topological polar surface area (TPSA) is 50.9 Å². The molecule has 0 unspecified atom stereocenters. The van der Waals surface area contributed by atoms with Gasteiger partial charge in [-0.15, -0.1) is 5.10 Å². The SMILES string of the molecule is OCCc1cn(-c2ccc(I)cc2)nn1. The van der Waals surface area contributed by atoms with E-state index in [9.17, 15) is 0 Å². The Balaban J connectivity index is 2.25. The fourth-order valence-electron chi connectivity index (χ4n) is 1.25. The molecule has 0 aliphatic carbocycles. The van der Waals surface area contributed by atoms with E-state index in [1.54, 1.807) is 4.68 Å². The second-order valence-electron chi connectivity index (χ2n) is 3.10. The molecule has 0 aliphatic heterocycles. The van der Waals surface area contributed by atoms with Crippen LogP contribution in [0, 0.1) is 3.57 Å². The Morgan fingerprint density at radius 1 is 1.27 bits per heavy atom. The molecule has 15 heavy (non-hydrogen) atoms. The van der Waals surface area contributed by atoms with Crippen LogP contribution in [0.5, 0.6) is 0 Å². The van der Waals surface area contributed by atoms with Gasteiger partial charge in [0.25, 0.3) is 0 Å². The van der Waals surface area contributed by atoms with E-state index in [1.807, 2.05) is 30.5 Å². The molecule has 1 heterocycles. The van der Waals surface area contributed by atoms with Crippen molar-refractivity contribution < 1.29 is 5.11 Å². The molecule has 0 amide bonds. The smallest absolute Gasteiger partial charge is 0.0854 e. The van der Waals surface area contributed by atoms with Crippen molar-refractivity contribution in [2.24, 2.45) is 0 Å². The lowest BCUT2D eigenvalue weighted by Crippen LogP contribution is -1.94. The number of hydrogen-bond acceptors (Lipinski definition) is 3. The third kappa shape index (κ3) is 2.54. The molecule has 5 heteroatoms. The highest BCUT2D eigenvalue weighted by Crippen LogP contribution is 2.10. The summed E-state index contributed by atoms with van der Waals surface area (Å²) in [4.78, 5) is 0. The molecular weight excluding hydrogens is 305 g/mol. The van der Waals surface area contributed by atoms with Gasteiger partial charge in [0.05, 0.1) is 17.6 Å². The third-order valence-electron chi connectivity index (χ3n) is 2.00. The zero-order chi connectivity index (χ0) is 10.7. The van der Waals surface area contributed by atoms with Gasteiger partial charge in [-0.3, -0.25) is 0 Å². The van der Waals surface area contributed by atoms with Crippen molar-refractivity contribution in [2.75, 3.05) is 6.61 Å². The Hall–Kier alpha value is -0.950. The highest BCUT2D eigenvalue weighted by atomic mass is 127. The number of benzene rings is 1. The van der Waals surface area contributed by atoms with Gasteiger partial charge in [-0.1, -0.05) is 5.21 Å². The summed E-state index contributed by atoms with van der Waals surface area (Å²) < 4.78 is 2.90. The zero-order valence-corrected chi connectivity index (χ0v) is 10.1. The molecular formula is C10H10IN3O. The van der Waals surface area contributed by atoms with Crippen LogP contribution in [0.15, 0.2) is 30.5 Å². The summed E-state index contributed by atoms with van der Waals surface area (Å²) in [5, 5.41) is 16.7. The predicted molar refractivity (Wildman–Crippen MR) is 64.9 cm³/mol. The Bertz CT molecular complexity index is 438. The van der Waals surface area contributed by atoms with Crippen molar-refractivity contribution in [3.8, 4) is 5.69 Å². The van der Waals surface area contributed by atoms with Gasteiger partial charge in [0, 0.05) is 16.6 Å². The number of aliphatic hydroxyl groups is 1. The Morgan fingerprint density at radius 2 is 2.00 bits per heavy atom. The van der Waals surface area contributed by atoms with Gasteiger partial charge < -0.3 is 5.11 Å². The summed E-state index contributed by atoms with van der Waals surface area (Å²) in [6, 6.07) is 8.00. The first kappa shape index (κ1) is 10.6. The maximum Gasteiger partial charge on any atom is 0.0854 e. The minimum Gasteiger partial charge on any atom is -0.396 e. The molecule has 0 atom stereocenters. The van der Waals surface area contributed by atoms with E-state index in [4.69, 9.17) is 5.11 Å². The van der Waals surface area contributed by atoms with Gasteiger partial charge >= 0.3 is 0 Å². The van der Waals surface area contributed by atoms with Gasteiger partial charge in [-0.05, 0) is 46.9 Å². The molecule has 2 aromatic rings. The fourth-order valence-corrected chi connectivity index (χ4v) is 1.61. The lowest BCUT2D eigenvalue weighted by molar-refractivity contribution is 0.298. The highest BCUT2D eigenvalue weighted by molar-refractivity contribution is 14.1. The van der Waals surface area contributed by atoms with Crippen molar-refractivity contribution in [2.45, 2.75) is 6.42 Å². The molecule has 0 aliphatic rings. The molecule has 0 fully saturated rings. The fraction of sp³-hybridized carbons (Fsp3) is 0.200. The molecule has 1 N–H and O–H groups in total. The van der Waals surface area contributed by atoms with Gasteiger partial charge in [-0.2, -0.15) is 0 Å². The number of rotatable bonds is 3. The average molecular weight is 315 g/mol. The zero-order valence-electron chi connectivity index (χ0n) is 7.97. The summed E-state index contributed by atoms with van der Waals surface area (Å²) in [5.74, 6) is 0. The first-order valence-corrected chi connectivity index (χ1v) is 5.65. The molecule has 0 saturated carbocycles. The van der Waals surface area contributed by atoms with Crippen LogP contribution in [-0.2, 0) is 6.42 Å². The Morgan fingerprint density at radius 3 is 2.67 bits per heavy atom. The van der Waals surface area contributed by atoms with Crippen LogP contribution in [0.3, 0.4) is 0 Å². The second kappa shape index (κ2) is 4.71. The van der Waals surface area contributed by atoms with E-state index in [2.05, 4.69) is 32.9 Å². The highest BCUT2D eigenvalue weighted by Gasteiger charge is 2.01. The van der Waals surface area contributed by atoms with Gasteiger partial charge in [-0.25, -0.2) is 4.68 Å². The monoisotopic (exact) mass is 315 g/mol. The summed E-state index contributed by atoms with van der Waals surface area (Å²) in [7, 11) is 0. The van der Waals surface area contributed by atoms with Crippen LogP contribution in [-0.4, -0.2) is 26.7 Å². The lowest BCUT2D eigenvalue weighted by atomic mass is 10.3. The number of aliphatic hydroxyl groups excluding tert-OH is 1. The van der Waals surface area contributed by atoms with Gasteiger partial charge in [0.15, 0.2) is 0 Å². The lowest BCUT2D eigenvalue weighted by Gasteiger charge is -1.98. The predicted octanol–water partition coefficient (Wildman–Crippen LogP) is 1.41. The van der Waals surface area contributed by atoms with Crippen LogP contribution in [0.4, 0.5) is 0 Å². The first-order chi connectivity index (χ1) is 7.29. The standard InChI is InChI=1S/C10H10IN3O/c11-8-1-3-10(4-2-8)14-7-9(5-6-15)12-13-14/h1-4,7,15H,5-6H2. The minimum atomic E-state index is 0.103. The molecule has 0 bridgehead atoms. The van der Waals surface area contributed by atoms with Crippen LogP contribution in [0.1, 0.15) is 5.69 Å². The largest absolute Gasteiger partial charge is 0.396 e. The summed E-state index contributed by atoms with van der Waals surface area (Å²) in [6.07, 6.45) is 2.38. The molecule has 0 saturated heterocycles. The summed E-state index contributed by atoms with van der Waals surface area (Å²) >= 11 is 2.26. The maximum atomic E-state index is 8.76. The van der Waals surface area contributed by atoms with Crippen LogP contribution in [0.2, 0.25) is 0 Å². The van der Waals surface area contributed by atoms with E-state index in [0.717, 1.165) is 11.4 Å². The van der Waals surface area contributed by atoms with E-state index in [-0.39, 0.29) is 6.61 Å². The van der Waals surface area contributed by atoms with E-state index in [1.165, 1.54) is 3.57 Å². The number of nitrogens with zero attached hydrogens (tertiary/aromatic N) is 3. The summed E-state index contributed by atoms with van der Waals surface area (Å²) in [5.41, 5.74) is 1.78. The van der Waals surface area contributed by atoms with Gasteiger partial charge in [0.1, 0.15) is 0 Å². The van der Waals surface area contributed by atoms with E-state index in [0.29, 0.717) is 6.42 Å². The first-order valence-electron chi connectivity index (χ1n) is 4.57. The van der Waals surface area contributed by atoms with Crippen LogP contribution < -0.4 is 0 Å². The quantitative estimate of drug-likeness (QED) is 0.871. The third-order valence-corrected chi connectivity index (χ3v) is 2.72. The average Bonchev–Trinajstić information content (AvgIpc) is 2.68. The summed E-state index contributed by atoms with van der Waals surface area (Å²) in [6.45, 7) is 0.103. The number of halogens is 1. The number of aromatic nitrogens is 3. The molecule has 1 aromatic carbocycles. The second-order valence-corrected chi connectivity index (χ2v) is 4.35. The van der Waals surface area contributed by atoms with Crippen molar-refractivity contribution >= 4 is 22.6 Å². The van der Waals surface area contributed by atoms with Gasteiger partial charge in [0.2, 0.25) is 0 Å². The minimum absolute atomic E-state index is 0.103. The van der Waals surface area contributed by atoms with Crippen molar-refractivity contribution in [3.63, 3.8) is 0 Å². The number of hydrogen-bond donors (Lipinski definition) is 1. The van der Waals surface area contributed by atoms with Crippen molar-refractivity contribution in [1.82, 2.24) is 15.0 Å². The van der Waals surface area contributed by atoms with Crippen LogP contribution in [0.25, 0.3) is 5.69 Å². The van der Waals surface area contributed by atoms with Crippen LogP contribution >= 0.6 is 22.6 Å². The Labute approximate surface area is 101 Å². The van der Waals surface area contributed by atoms with Crippen molar-refractivity contribution in [1.29, 1.82) is 0 Å². The molecule has 0 radical (unpaired) electrons. The molecule has 2 rings (SSSR count). The Kier molecular flexibility index (Phi) is 3.32.